The Balaban J connectivity index is 1.62. The number of carbonyl (C=O) groups excluding carboxylic acids is 1. The topological polar surface area (TPSA) is 56.1 Å². The van der Waals surface area contributed by atoms with Crippen LogP contribution in [0.2, 0.25) is 0 Å². The van der Waals surface area contributed by atoms with Gasteiger partial charge in [0.2, 0.25) is 0 Å². The number of hydrogen-bond donors (Lipinski definition) is 1. The number of aryl methyl sites for hydroxylation is 2. The summed E-state index contributed by atoms with van der Waals surface area (Å²) in [5, 5.41) is 10.2. The predicted octanol–water partition coefficient (Wildman–Crippen LogP) is 2.21. The third-order valence-corrected chi connectivity index (χ3v) is 4.62. The molecular weight excluding hydrogens is 290 g/mol. The summed E-state index contributed by atoms with van der Waals surface area (Å²) in [6, 6.07) is 3.70. The Morgan fingerprint density at radius 2 is 2.09 bits per heavy atom. The van der Waals surface area contributed by atoms with Gasteiger partial charge in [0.15, 0.2) is 12.2 Å². The van der Waals surface area contributed by atoms with Crippen molar-refractivity contribution in [3.8, 4) is 5.75 Å². The van der Waals surface area contributed by atoms with E-state index in [0.717, 1.165) is 75.4 Å². The zero-order chi connectivity index (χ0) is 16.2. The largest absolute Gasteiger partial charge is 0.507 e. The van der Waals surface area contributed by atoms with Crippen LogP contribution in [0.4, 0.5) is 0 Å². The Morgan fingerprint density at radius 1 is 1.26 bits per heavy atom. The smallest absolute Gasteiger partial charge is 0.196 e. The van der Waals surface area contributed by atoms with E-state index < -0.39 is 0 Å². The summed E-state index contributed by atoms with van der Waals surface area (Å²) in [5.74, 6) is 1.30. The van der Waals surface area contributed by atoms with Crippen LogP contribution in [0.25, 0.3) is 0 Å². The highest BCUT2D eigenvalue weighted by atomic mass is 16.3. The summed E-state index contributed by atoms with van der Waals surface area (Å²) < 4.78 is 0. The summed E-state index contributed by atoms with van der Waals surface area (Å²) in [4.78, 5) is 20.5. The third-order valence-electron chi connectivity index (χ3n) is 4.62. The zero-order valence-electron chi connectivity index (χ0n) is 13.8. The maximum Gasteiger partial charge on any atom is 0.196 e. The molecule has 1 fully saturated rings. The number of benzene rings is 1. The summed E-state index contributed by atoms with van der Waals surface area (Å²) in [5.41, 5.74) is 2.27. The van der Waals surface area contributed by atoms with E-state index in [4.69, 9.17) is 4.99 Å². The van der Waals surface area contributed by atoms with Gasteiger partial charge in [-0.15, -0.1) is 0 Å². The van der Waals surface area contributed by atoms with Crippen LogP contribution in [0, 0.1) is 6.92 Å². The Hall–Kier alpha value is -2.04. The number of carbonyl (C=O) groups is 1. The molecule has 0 aromatic heterocycles. The van der Waals surface area contributed by atoms with Gasteiger partial charge in [-0.2, -0.15) is 0 Å². The Morgan fingerprint density at radius 3 is 2.91 bits per heavy atom. The van der Waals surface area contributed by atoms with E-state index in [1.54, 1.807) is 6.07 Å². The quantitative estimate of drug-likeness (QED) is 0.847. The third kappa shape index (κ3) is 3.49. The second kappa shape index (κ2) is 7.02. The predicted molar refractivity (Wildman–Crippen MR) is 91.2 cm³/mol. The summed E-state index contributed by atoms with van der Waals surface area (Å²) in [6.45, 7) is 7.14. The van der Waals surface area contributed by atoms with Crippen molar-refractivity contribution in [2.75, 3.05) is 32.7 Å². The first-order valence-corrected chi connectivity index (χ1v) is 8.51. The minimum atomic E-state index is 0.140. The molecule has 0 saturated carbocycles. The van der Waals surface area contributed by atoms with Gasteiger partial charge in [0, 0.05) is 32.7 Å². The molecule has 1 aromatic rings. The molecule has 0 bridgehead atoms. The number of aromatic hydroxyl groups is 1. The fourth-order valence-corrected chi connectivity index (χ4v) is 3.54. The number of rotatable bonds is 5. The highest BCUT2D eigenvalue weighted by Gasteiger charge is 2.24. The molecule has 2 aliphatic rings. The average molecular weight is 315 g/mol. The van der Waals surface area contributed by atoms with Crippen molar-refractivity contribution in [2.45, 2.75) is 32.6 Å². The van der Waals surface area contributed by atoms with Crippen molar-refractivity contribution < 1.29 is 9.90 Å². The van der Waals surface area contributed by atoms with Crippen LogP contribution < -0.4 is 0 Å². The first kappa shape index (κ1) is 15.8. The number of phenols is 1. The molecule has 0 spiro atoms. The van der Waals surface area contributed by atoms with E-state index in [2.05, 4.69) is 9.80 Å². The highest BCUT2D eigenvalue weighted by Crippen LogP contribution is 2.25. The minimum absolute atomic E-state index is 0.140. The Kier molecular flexibility index (Phi) is 4.84. The monoisotopic (exact) mass is 315 g/mol. The zero-order valence-corrected chi connectivity index (χ0v) is 13.8. The number of nitrogens with zero attached hydrogens (tertiary/aromatic N) is 3. The second-order valence-corrected chi connectivity index (χ2v) is 6.45. The van der Waals surface area contributed by atoms with E-state index in [0.29, 0.717) is 5.56 Å². The lowest BCUT2D eigenvalue weighted by Crippen LogP contribution is -2.52. The molecule has 1 N–H and O–H groups in total. The van der Waals surface area contributed by atoms with E-state index in [-0.39, 0.29) is 5.75 Å². The van der Waals surface area contributed by atoms with Gasteiger partial charge in [-0.05, 0) is 49.8 Å². The molecule has 23 heavy (non-hydrogen) atoms. The van der Waals surface area contributed by atoms with Crippen molar-refractivity contribution in [2.24, 2.45) is 4.99 Å². The van der Waals surface area contributed by atoms with E-state index in [1.807, 2.05) is 13.0 Å². The van der Waals surface area contributed by atoms with Gasteiger partial charge in [-0.25, -0.2) is 0 Å². The molecular formula is C18H25N3O2. The highest BCUT2D eigenvalue weighted by molar-refractivity contribution is 5.81. The van der Waals surface area contributed by atoms with Gasteiger partial charge in [-0.3, -0.25) is 9.79 Å². The first-order valence-electron chi connectivity index (χ1n) is 8.51. The Bertz CT molecular complexity index is 613. The van der Waals surface area contributed by atoms with Crippen molar-refractivity contribution in [3.63, 3.8) is 0 Å². The fourth-order valence-electron chi connectivity index (χ4n) is 3.54. The van der Waals surface area contributed by atoms with E-state index in [9.17, 15) is 9.90 Å². The normalized spacial score (nSPS) is 17.7. The summed E-state index contributed by atoms with van der Waals surface area (Å²) in [7, 11) is 0. The maximum atomic E-state index is 11.0. The number of aldehydes is 1. The summed E-state index contributed by atoms with van der Waals surface area (Å²) >= 11 is 0. The van der Waals surface area contributed by atoms with Crippen LogP contribution in [-0.4, -0.2) is 59.9 Å². The molecule has 0 atom stereocenters. The van der Waals surface area contributed by atoms with Crippen LogP contribution in [0.15, 0.2) is 17.1 Å². The number of phenolic OH excluding ortho intramolecular Hbond substituents is 1. The molecule has 0 amide bonds. The molecule has 1 saturated heterocycles. The fraction of sp³-hybridized carbons (Fsp3) is 0.556. The molecule has 2 aliphatic heterocycles. The molecule has 3 rings (SSSR count). The number of aliphatic imine (C=N–C) groups is 1. The van der Waals surface area contributed by atoms with Crippen molar-refractivity contribution in [1.29, 1.82) is 0 Å². The van der Waals surface area contributed by atoms with Crippen LogP contribution in [0.1, 0.15) is 40.7 Å². The van der Waals surface area contributed by atoms with Gasteiger partial charge in [0.25, 0.3) is 0 Å². The van der Waals surface area contributed by atoms with Crippen molar-refractivity contribution in [3.05, 3.63) is 28.8 Å². The molecule has 5 heteroatoms. The molecule has 1 aromatic carbocycles. The SMILES string of the molecule is Cc1cc(C=O)c(O)c(CCCN2CCCN3CCCN=C32)c1. The molecule has 0 unspecified atom stereocenters. The summed E-state index contributed by atoms with van der Waals surface area (Å²) in [6.07, 6.45) is 4.79. The molecule has 2 heterocycles. The minimum Gasteiger partial charge on any atom is -0.507 e. The van der Waals surface area contributed by atoms with E-state index >= 15 is 0 Å². The van der Waals surface area contributed by atoms with Crippen LogP contribution in [0.5, 0.6) is 5.75 Å². The molecule has 5 nitrogen and oxygen atoms in total. The van der Waals surface area contributed by atoms with Gasteiger partial charge in [0.1, 0.15) is 5.75 Å². The lowest BCUT2D eigenvalue weighted by atomic mass is 10.0. The van der Waals surface area contributed by atoms with Crippen LogP contribution in [-0.2, 0) is 6.42 Å². The molecule has 124 valence electrons. The standard InChI is InChI=1S/C18H25N3O2/c1-14-11-15(17(23)16(12-14)13-22)5-2-7-20-9-4-10-21-8-3-6-19-18(20)21/h11-13,23H,2-10H2,1H3. The Labute approximate surface area is 137 Å². The van der Waals surface area contributed by atoms with Crippen molar-refractivity contribution >= 4 is 12.2 Å². The molecule has 0 aliphatic carbocycles. The average Bonchev–Trinajstić information content (AvgIpc) is 2.57. The second-order valence-electron chi connectivity index (χ2n) is 6.45. The number of guanidine groups is 1. The lowest BCUT2D eigenvalue weighted by molar-refractivity contribution is 0.112. The van der Waals surface area contributed by atoms with E-state index in [1.165, 1.54) is 6.42 Å². The van der Waals surface area contributed by atoms with Gasteiger partial charge >= 0.3 is 0 Å². The molecule has 0 radical (unpaired) electrons. The maximum absolute atomic E-state index is 11.0. The van der Waals surface area contributed by atoms with Gasteiger partial charge in [0.05, 0.1) is 5.56 Å². The van der Waals surface area contributed by atoms with Crippen molar-refractivity contribution in [1.82, 2.24) is 9.80 Å². The van der Waals surface area contributed by atoms with Gasteiger partial charge in [-0.1, -0.05) is 6.07 Å². The lowest BCUT2D eigenvalue weighted by Gasteiger charge is -2.41. The van der Waals surface area contributed by atoms with Gasteiger partial charge < -0.3 is 14.9 Å². The van der Waals surface area contributed by atoms with Crippen LogP contribution in [0.3, 0.4) is 0 Å². The number of hydrogen-bond acceptors (Lipinski definition) is 5. The van der Waals surface area contributed by atoms with Crippen LogP contribution >= 0.6 is 0 Å². The first-order chi connectivity index (χ1) is 11.2. The number of fused-ring (bicyclic) bond motifs is 1.